The fourth-order valence-electron chi connectivity index (χ4n) is 2.85. The van der Waals surface area contributed by atoms with E-state index >= 15 is 0 Å². The third-order valence-electron chi connectivity index (χ3n) is 4.29. The molecule has 1 aliphatic rings. The van der Waals surface area contributed by atoms with Crippen molar-refractivity contribution in [2.45, 2.75) is 31.1 Å². The Morgan fingerprint density at radius 3 is 2.74 bits per heavy atom. The number of fused-ring (bicyclic) bond motifs is 1. The molecule has 1 aromatic heterocycles. The van der Waals surface area contributed by atoms with E-state index in [0.29, 0.717) is 10.8 Å². The lowest BCUT2D eigenvalue weighted by molar-refractivity contribution is -0.384. The van der Waals surface area contributed by atoms with Crippen molar-refractivity contribution in [3.8, 4) is 0 Å². The average Bonchev–Trinajstić information content (AvgIpc) is 3.08. The van der Waals surface area contributed by atoms with Crippen molar-refractivity contribution in [1.82, 2.24) is 10.9 Å². The molecule has 1 aromatic carbocycles. The van der Waals surface area contributed by atoms with Gasteiger partial charge < -0.3 is 0 Å². The number of thiophene rings is 1. The van der Waals surface area contributed by atoms with E-state index in [1.807, 2.05) is 6.07 Å². The van der Waals surface area contributed by atoms with Crippen molar-refractivity contribution in [2.24, 2.45) is 5.92 Å². The highest BCUT2D eigenvalue weighted by atomic mass is 32.2. The number of carbonyl (C=O) groups excluding carboxylic acids is 2. The third kappa shape index (κ3) is 5.08. The van der Waals surface area contributed by atoms with Crippen LogP contribution in [0.15, 0.2) is 35.2 Å². The molecule has 9 heteroatoms. The number of hydrogen-bond donors (Lipinski definition) is 2. The number of nitro groups is 1. The van der Waals surface area contributed by atoms with Crippen LogP contribution >= 0.6 is 23.1 Å². The Labute approximate surface area is 164 Å². The number of hydrogen-bond acceptors (Lipinski definition) is 6. The number of nitrogens with zero attached hydrogens (tertiary/aromatic N) is 1. The zero-order valence-electron chi connectivity index (χ0n) is 14.7. The summed E-state index contributed by atoms with van der Waals surface area (Å²) < 4.78 is 0. The lowest BCUT2D eigenvalue weighted by atomic mass is 9.90. The number of benzene rings is 1. The van der Waals surface area contributed by atoms with Gasteiger partial charge >= 0.3 is 0 Å². The van der Waals surface area contributed by atoms with Crippen molar-refractivity contribution in [3.05, 3.63) is 55.8 Å². The summed E-state index contributed by atoms with van der Waals surface area (Å²) in [5.74, 6) is 0.0767. The predicted octanol–water partition coefficient (Wildman–Crippen LogP) is 3.33. The van der Waals surface area contributed by atoms with Crippen molar-refractivity contribution in [1.29, 1.82) is 0 Å². The molecule has 0 spiro atoms. The van der Waals surface area contributed by atoms with Gasteiger partial charge in [0.15, 0.2) is 0 Å². The zero-order valence-corrected chi connectivity index (χ0v) is 16.3. The molecule has 0 fully saturated rings. The number of non-ortho nitro benzene ring substituents is 1. The second-order valence-corrected chi connectivity index (χ2v) is 8.63. The first-order chi connectivity index (χ1) is 12.9. The van der Waals surface area contributed by atoms with Gasteiger partial charge in [0, 0.05) is 21.9 Å². The molecule has 0 aliphatic heterocycles. The molecule has 1 aliphatic carbocycles. The fraction of sp³-hybridized carbons (Fsp3) is 0.333. The summed E-state index contributed by atoms with van der Waals surface area (Å²) in [4.78, 5) is 36.9. The number of nitro benzene ring substituents is 1. The minimum Gasteiger partial charge on any atom is -0.272 e. The third-order valence-corrected chi connectivity index (χ3v) is 6.53. The zero-order chi connectivity index (χ0) is 19.4. The van der Waals surface area contributed by atoms with Crippen LogP contribution < -0.4 is 10.9 Å². The van der Waals surface area contributed by atoms with Gasteiger partial charge in [-0.15, -0.1) is 23.1 Å². The highest BCUT2D eigenvalue weighted by Crippen LogP contribution is 2.32. The molecular formula is C18H19N3O4S2. The molecule has 0 bridgehead atoms. The van der Waals surface area contributed by atoms with Crippen LogP contribution in [0.1, 0.15) is 33.5 Å². The average molecular weight is 406 g/mol. The van der Waals surface area contributed by atoms with Crippen LogP contribution in [0.4, 0.5) is 5.69 Å². The Morgan fingerprint density at radius 1 is 1.30 bits per heavy atom. The number of rotatable bonds is 5. The van der Waals surface area contributed by atoms with Crippen LogP contribution in [0, 0.1) is 16.0 Å². The highest BCUT2D eigenvalue weighted by Gasteiger charge is 2.20. The Morgan fingerprint density at radius 2 is 2.04 bits per heavy atom. The molecule has 7 nitrogen and oxygen atoms in total. The van der Waals surface area contributed by atoms with Gasteiger partial charge in [0.2, 0.25) is 5.91 Å². The summed E-state index contributed by atoms with van der Waals surface area (Å²) in [5, 5.41) is 10.6. The summed E-state index contributed by atoms with van der Waals surface area (Å²) in [6, 6.07) is 7.88. The van der Waals surface area contributed by atoms with Crippen molar-refractivity contribution < 1.29 is 14.5 Å². The molecule has 0 radical (unpaired) electrons. The summed E-state index contributed by atoms with van der Waals surface area (Å²) in [6.07, 6.45) is 3.15. The van der Waals surface area contributed by atoms with E-state index in [1.165, 1.54) is 45.7 Å². The summed E-state index contributed by atoms with van der Waals surface area (Å²) in [5.41, 5.74) is 6.10. The molecule has 142 valence electrons. The van der Waals surface area contributed by atoms with Crippen molar-refractivity contribution in [3.63, 3.8) is 0 Å². The molecule has 0 unspecified atom stereocenters. The van der Waals surface area contributed by atoms with Gasteiger partial charge in [-0.25, -0.2) is 0 Å². The molecule has 1 atom stereocenters. The summed E-state index contributed by atoms with van der Waals surface area (Å²) in [6.45, 7) is 2.21. The van der Waals surface area contributed by atoms with Gasteiger partial charge in [-0.1, -0.05) is 6.92 Å². The van der Waals surface area contributed by atoms with Gasteiger partial charge in [-0.2, -0.15) is 0 Å². The predicted molar refractivity (Wildman–Crippen MR) is 105 cm³/mol. The fourth-order valence-corrected chi connectivity index (χ4v) is 4.66. The summed E-state index contributed by atoms with van der Waals surface area (Å²) in [7, 11) is 0. The lowest BCUT2D eigenvalue weighted by Gasteiger charge is -2.16. The molecule has 1 heterocycles. The van der Waals surface area contributed by atoms with Crippen LogP contribution in [0.2, 0.25) is 0 Å². The van der Waals surface area contributed by atoms with Gasteiger partial charge in [-0.3, -0.25) is 30.6 Å². The number of nitrogens with one attached hydrogen (secondary N) is 2. The van der Waals surface area contributed by atoms with E-state index in [2.05, 4.69) is 17.8 Å². The first-order valence-corrected chi connectivity index (χ1v) is 10.3. The standard InChI is InChI=1S/C18H19N3O4S2/c1-11-2-7-15-12(8-11)9-16(27-15)18(23)20-19-17(22)10-26-14-5-3-13(4-6-14)21(24)25/h3-6,9,11H,2,7-8,10H2,1H3,(H,19,22)(H,20,23)/t11-/m0/s1. The molecular weight excluding hydrogens is 386 g/mol. The monoisotopic (exact) mass is 405 g/mol. The quantitative estimate of drug-likeness (QED) is 0.451. The molecule has 0 saturated heterocycles. The van der Waals surface area contributed by atoms with Crippen LogP contribution in [-0.4, -0.2) is 22.5 Å². The Kier molecular flexibility index (Phi) is 6.12. The lowest BCUT2D eigenvalue weighted by Crippen LogP contribution is -2.42. The van der Waals surface area contributed by atoms with Crippen molar-refractivity contribution in [2.75, 3.05) is 5.75 Å². The maximum Gasteiger partial charge on any atom is 0.279 e. The molecule has 2 amide bonds. The number of amides is 2. The van der Waals surface area contributed by atoms with E-state index in [4.69, 9.17) is 0 Å². The Balaban J connectivity index is 1.46. The van der Waals surface area contributed by atoms with E-state index < -0.39 is 4.92 Å². The topological polar surface area (TPSA) is 101 Å². The van der Waals surface area contributed by atoms with Gasteiger partial charge in [-0.05, 0) is 48.9 Å². The first-order valence-electron chi connectivity index (χ1n) is 8.50. The maximum absolute atomic E-state index is 12.2. The van der Waals surface area contributed by atoms with Crippen LogP contribution in [0.5, 0.6) is 0 Å². The second-order valence-electron chi connectivity index (χ2n) is 6.45. The van der Waals surface area contributed by atoms with Crippen LogP contribution in [0.3, 0.4) is 0 Å². The van der Waals surface area contributed by atoms with Gasteiger partial charge in [0.1, 0.15) is 0 Å². The molecule has 27 heavy (non-hydrogen) atoms. The van der Waals surface area contributed by atoms with Gasteiger partial charge in [0.05, 0.1) is 15.6 Å². The Bertz CT molecular complexity index is 864. The molecule has 0 saturated carbocycles. The number of aryl methyl sites for hydroxylation is 1. The normalized spacial score (nSPS) is 15.7. The Hall–Kier alpha value is -2.39. The second kappa shape index (κ2) is 8.53. The van der Waals surface area contributed by atoms with E-state index in [1.54, 1.807) is 12.1 Å². The number of thioether (sulfide) groups is 1. The summed E-state index contributed by atoms with van der Waals surface area (Å²) >= 11 is 2.72. The largest absolute Gasteiger partial charge is 0.279 e. The highest BCUT2D eigenvalue weighted by molar-refractivity contribution is 8.00. The minimum atomic E-state index is -0.472. The van der Waals surface area contributed by atoms with Gasteiger partial charge in [0.25, 0.3) is 11.6 Å². The smallest absolute Gasteiger partial charge is 0.272 e. The minimum absolute atomic E-state index is 0.00380. The van der Waals surface area contributed by atoms with Crippen LogP contribution in [0.25, 0.3) is 0 Å². The molecule has 2 N–H and O–H groups in total. The number of hydrazine groups is 1. The molecule has 2 aromatic rings. The van der Waals surface area contributed by atoms with E-state index in [-0.39, 0.29) is 23.3 Å². The molecule has 3 rings (SSSR count). The van der Waals surface area contributed by atoms with E-state index in [0.717, 1.165) is 24.2 Å². The van der Waals surface area contributed by atoms with E-state index in [9.17, 15) is 19.7 Å². The van der Waals surface area contributed by atoms with Crippen molar-refractivity contribution >= 4 is 40.6 Å². The maximum atomic E-state index is 12.2. The number of carbonyl (C=O) groups is 2. The SMILES string of the molecule is C[C@H]1CCc2sc(C(=O)NNC(=O)CSc3ccc([N+](=O)[O-])cc3)cc2C1. The van der Waals surface area contributed by atoms with Crippen LogP contribution in [-0.2, 0) is 17.6 Å². The first kappa shape index (κ1) is 19.4.